The van der Waals surface area contributed by atoms with Crippen LogP contribution in [0.3, 0.4) is 0 Å². The Morgan fingerprint density at radius 1 is 1.22 bits per heavy atom. The third kappa shape index (κ3) is 3.73. The van der Waals surface area contributed by atoms with Gasteiger partial charge in [-0.15, -0.1) is 11.3 Å². The molecule has 1 aliphatic rings. The van der Waals surface area contributed by atoms with Crippen molar-refractivity contribution < 1.29 is 13.2 Å². The monoisotopic (exact) mass is 405 g/mol. The molecule has 0 bridgehead atoms. The number of aromatic nitrogens is 3. The number of benzene rings is 1. The van der Waals surface area contributed by atoms with Gasteiger partial charge in [0.25, 0.3) is 0 Å². The van der Waals surface area contributed by atoms with E-state index in [0.29, 0.717) is 30.3 Å². The summed E-state index contributed by atoms with van der Waals surface area (Å²) in [4.78, 5) is 20.6. The van der Waals surface area contributed by atoms with Crippen molar-refractivity contribution in [1.82, 2.24) is 18.8 Å². The van der Waals surface area contributed by atoms with Crippen LogP contribution in [0.5, 0.6) is 0 Å². The van der Waals surface area contributed by atoms with Crippen LogP contribution in [0.25, 0.3) is 11.0 Å². The van der Waals surface area contributed by atoms with Crippen LogP contribution in [0, 0.1) is 0 Å². The second-order valence-corrected chi connectivity index (χ2v) is 9.17. The summed E-state index contributed by atoms with van der Waals surface area (Å²) in [6.45, 7) is 1.60. The lowest BCUT2D eigenvalue weighted by atomic mass is 10.3. The van der Waals surface area contributed by atoms with Gasteiger partial charge in [0.15, 0.2) is 5.13 Å². The van der Waals surface area contributed by atoms with Crippen LogP contribution < -0.4 is 5.32 Å². The van der Waals surface area contributed by atoms with E-state index in [1.807, 2.05) is 4.57 Å². The fourth-order valence-electron chi connectivity index (χ4n) is 3.15. The zero-order valence-corrected chi connectivity index (χ0v) is 16.2. The molecule has 142 valence electrons. The van der Waals surface area contributed by atoms with Crippen molar-refractivity contribution >= 4 is 43.4 Å². The summed E-state index contributed by atoms with van der Waals surface area (Å²) < 4.78 is 28.7. The number of sulfonamides is 1. The van der Waals surface area contributed by atoms with Gasteiger partial charge in [-0.05, 0) is 31.0 Å². The van der Waals surface area contributed by atoms with Crippen molar-refractivity contribution in [2.75, 3.05) is 18.4 Å². The first-order chi connectivity index (χ1) is 13.0. The number of carbonyl (C=O) groups is 1. The second kappa shape index (κ2) is 7.37. The normalized spacial score (nSPS) is 15.4. The molecule has 1 saturated heterocycles. The number of amides is 1. The zero-order valence-electron chi connectivity index (χ0n) is 14.5. The minimum absolute atomic E-state index is 0.125. The molecule has 1 aromatic carbocycles. The quantitative estimate of drug-likeness (QED) is 0.679. The lowest BCUT2D eigenvalue weighted by molar-refractivity contribution is -0.116. The fraction of sp³-hybridized carbons (Fsp3) is 0.353. The summed E-state index contributed by atoms with van der Waals surface area (Å²) in [5.41, 5.74) is 1.41. The summed E-state index contributed by atoms with van der Waals surface area (Å²) in [5, 5.41) is 5.12. The van der Waals surface area contributed by atoms with E-state index < -0.39 is 10.0 Å². The van der Waals surface area contributed by atoms with Gasteiger partial charge in [-0.2, -0.15) is 4.31 Å². The lowest BCUT2D eigenvalue weighted by Crippen LogP contribution is -2.27. The van der Waals surface area contributed by atoms with Crippen LogP contribution in [-0.4, -0.2) is 46.3 Å². The van der Waals surface area contributed by atoms with E-state index in [9.17, 15) is 13.2 Å². The molecule has 1 fully saturated rings. The first kappa shape index (κ1) is 18.1. The van der Waals surface area contributed by atoms with Crippen LogP contribution >= 0.6 is 11.3 Å². The fourth-order valence-corrected chi connectivity index (χ4v) is 5.23. The minimum atomic E-state index is -3.46. The molecule has 2 aromatic heterocycles. The third-order valence-corrected chi connectivity index (χ3v) is 7.14. The summed E-state index contributed by atoms with van der Waals surface area (Å²) in [7, 11) is -3.46. The summed E-state index contributed by atoms with van der Waals surface area (Å²) in [6, 6.07) is 4.98. The lowest BCUT2D eigenvalue weighted by Gasteiger charge is -2.15. The Morgan fingerprint density at radius 3 is 2.78 bits per heavy atom. The highest BCUT2D eigenvalue weighted by Crippen LogP contribution is 2.24. The number of imidazole rings is 1. The maximum atomic E-state index is 12.7. The SMILES string of the molecule is O=C(CCn1cnc2cc(S(=O)(=O)N3CCCC3)ccc21)Nc1nccs1. The highest BCUT2D eigenvalue weighted by atomic mass is 32.2. The van der Waals surface area contributed by atoms with Crippen molar-refractivity contribution in [3.63, 3.8) is 0 Å². The smallest absolute Gasteiger partial charge is 0.243 e. The van der Waals surface area contributed by atoms with Gasteiger partial charge in [-0.25, -0.2) is 18.4 Å². The number of fused-ring (bicyclic) bond motifs is 1. The molecule has 0 unspecified atom stereocenters. The molecule has 0 aliphatic carbocycles. The second-order valence-electron chi connectivity index (χ2n) is 6.34. The van der Waals surface area contributed by atoms with Crippen molar-refractivity contribution in [3.05, 3.63) is 36.1 Å². The standard InChI is InChI=1S/C17H19N5O3S2/c23-16(20-17-18-6-10-26-17)5-9-21-12-19-14-11-13(3-4-15(14)21)27(24,25)22-7-1-2-8-22/h3-4,6,10-12H,1-2,5,7-9H2,(H,18,20,23). The van der Waals surface area contributed by atoms with Gasteiger partial charge in [0.2, 0.25) is 15.9 Å². The van der Waals surface area contributed by atoms with Crippen molar-refractivity contribution in [2.24, 2.45) is 0 Å². The number of rotatable bonds is 6. The van der Waals surface area contributed by atoms with Gasteiger partial charge in [-0.3, -0.25) is 4.79 Å². The Morgan fingerprint density at radius 2 is 2.04 bits per heavy atom. The predicted octanol–water partition coefficient (Wildman–Crippen LogP) is 2.31. The first-order valence-corrected chi connectivity index (χ1v) is 11.0. The Labute approximate surface area is 160 Å². The van der Waals surface area contributed by atoms with E-state index >= 15 is 0 Å². The molecule has 0 spiro atoms. The number of hydrogen-bond donors (Lipinski definition) is 1. The molecular weight excluding hydrogens is 386 g/mol. The van der Waals surface area contributed by atoms with E-state index in [1.54, 1.807) is 36.1 Å². The largest absolute Gasteiger partial charge is 0.330 e. The van der Waals surface area contributed by atoms with Gasteiger partial charge < -0.3 is 9.88 Å². The summed E-state index contributed by atoms with van der Waals surface area (Å²) in [5.74, 6) is -0.125. The van der Waals surface area contributed by atoms with Gasteiger partial charge in [0.05, 0.1) is 22.3 Å². The Balaban J connectivity index is 1.48. The van der Waals surface area contributed by atoms with Gasteiger partial charge in [-0.1, -0.05) is 0 Å². The van der Waals surface area contributed by atoms with E-state index in [4.69, 9.17) is 0 Å². The zero-order chi connectivity index (χ0) is 18.9. The Bertz CT molecular complexity index is 1050. The number of thiazole rings is 1. The number of aryl methyl sites for hydroxylation is 1. The van der Waals surface area contributed by atoms with Gasteiger partial charge in [0.1, 0.15) is 0 Å². The molecule has 1 N–H and O–H groups in total. The third-order valence-electron chi connectivity index (χ3n) is 4.55. The van der Waals surface area contributed by atoms with Crippen LogP contribution in [0.4, 0.5) is 5.13 Å². The summed E-state index contributed by atoms with van der Waals surface area (Å²) >= 11 is 1.37. The van der Waals surface area contributed by atoms with Crippen LogP contribution in [0.1, 0.15) is 19.3 Å². The predicted molar refractivity (Wildman–Crippen MR) is 103 cm³/mol. The molecule has 1 aliphatic heterocycles. The molecule has 1 amide bonds. The van der Waals surface area contributed by atoms with Gasteiger partial charge >= 0.3 is 0 Å². The highest BCUT2D eigenvalue weighted by Gasteiger charge is 2.27. The van der Waals surface area contributed by atoms with Crippen molar-refractivity contribution in [2.45, 2.75) is 30.7 Å². The number of anilines is 1. The molecular formula is C17H19N5O3S2. The maximum Gasteiger partial charge on any atom is 0.243 e. The number of nitrogens with zero attached hydrogens (tertiary/aromatic N) is 4. The summed E-state index contributed by atoms with van der Waals surface area (Å²) in [6.07, 6.45) is 5.35. The molecule has 0 radical (unpaired) electrons. The molecule has 10 heteroatoms. The minimum Gasteiger partial charge on any atom is -0.330 e. The average Bonchev–Trinajstić information content (AvgIpc) is 3.41. The number of nitrogens with one attached hydrogen (secondary N) is 1. The Kier molecular flexibility index (Phi) is 4.94. The topological polar surface area (TPSA) is 97.2 Å². The van der Waals surface area contributed by atoms with Gasteiger partial charge in [0, 0.05) is 37.6 Å². The Hall–Kier alpha value is -2.30. The van der Waals surface area contributed by atoms with E-state index in [2.05, 4.69) is 15.3 Å². The van der Waals surface area contributed by atoms with E-state index in [-0.39, 0.29) is 17.2 Å². The van der Waals surface area contributed by atoms with Crippen molar-refractivity contribution in [3.8, 4) is 0 Å². The maximum absolute atomic E-state index is 12.7. The molecule has 0 atom stereocenters. The van der Waals surface area contributed by atoms with Crippen LogP contribution in [-0.2, 0) is 21.4 Å². The molecule has 8 nitrogen and oxygen atoms in total. The van der Waals surface area contributed by atoms with Crippen LogP contribution in [0.15, 0.2) is 41.0 Å². The average molecular weight is 406 g/mol. The van der Waals surface area contributed by atoms with E-state index in [1.165, 1.54) is 15.6 Å². The molecule has 27 heavy (non-hydrogen) atoms. The molecule has 4 rings (SSSR count). The number of hydrogen-bond acceptors (Lipinski definition) is 6. The van der Waals surface area contributed by atoms with Crippen LogP contribution in [0.2, 0.25) is 0 Å². The van der Waals surface area contributed by atoms with Crippen molar-refractivity contribution in [1.29, 1.82) is 0 Å². The highest BCUT2D eigenvalue weighted by molar-refractivity contribution is 7.89. The first-order valence-electron chi connectivity index (χ1n) is 8.68. The molecule has 3 aromatic rings. The van der Waals surface area contributed by atoms with E-state index in [0.717, 1.165) is 18.4 Å². The number of carbonyl (C=O) groups excluding carboxylic acids is 1. The molecule has 0 saturated carbocycles. The molecule has 3 heterocycles.